The molecule has 1 N–H and O–H groups in total. The average Bonchev–Trinajstić information content (AvgIpc) is 3.10. The van der Waals surface area contributed by atoms with E-state index in [-0.39, 0.29) is 35.1 Å². The zero-order chi connectivity index (χ0) is 20.1. The summed E-state index contributed by atoms with van der Waals surface area (Å²) in [7, 11) is -1.15. The molecule has 2 rings (SSSR count). The third kappa shape index (κ3) is 7.97. The number of aryl methyl sites for hydroxylation is 1. The van der Waals surface area contributed by atoms with Crippen LogP contribution in [-0.2, 0) is 16.3 Å². The van der Waals surface area contributed by atoms with Crippen LogP contribution in [0, 0.1) is 5.41 Å². The zero-order valence-electron chi connectivity index (χ0n) is 17.4. The summed E-state index contributed by atoms with van der Waals surface area (Å²) in [5.41, 5.74) is -0.121. The Morgan fingerprint density at radius 3 is 2.43 bits per heavy atom. The first-order chi connectivity index (χ1) is 12.6. The fraction of sp³-hybridized carbons (Fsp3) is 0.824. The minimum Gasteiger partial charge on any atom is -0.356 e. The molecule has 0 unspecified atom stereocenters. The van der Waals surface area contributed by atoms with E-state index in [1.165, 1.54) is 17.8 Å². The van der Waals surface area contributed by atoms with E-state index in [0.29, 0.717) is 13.0 Å². The van der Waals surface area contributed by atoms with E-state index in [4.69, 9.17) is 0 Å². The normalized spacial score (nSPS) is 16.1. The Morgan fingerprint density at radius 2 is 1.93 bits per heavy atom. The smallest absolute Gasteiger partial charge is 0.205 e. The van der Waals surface area contributed by atoms with E-state index in [1.807, 2.05) is 0 Å². The molecule has 0 bridgehead atoms. The number of hydrogen-bond acceptors (Lipinski definition) is 7. The summed E-state index contributed by atoms with van der Waals surface area (Å²) in [5, 5.41) is 4.42. The second-order valence-corrected chi connectivity index (χ2v) is 10.8. The van der Waals surface area contributed by atoms with Crippen LogP contribution in [0.4, 0.5) is 5.13 Å². The highest BCUT2D eigenvalue weighted by Gasteiger charge is 2.25. The summed E-state index contributed by atoms with van der Waals surface area (Å²) in [6.45, 7) is 10.4. The standard InChI is InChI=1S/C17H32N6O2S2.HI/c1-6-14-20-16(26-21-14)23-10-8-22(9-11-23)15(18-4)19-13-17(2,3)7-12-27(5,24)25;/h6-13H2,1-5H3,(H,18,19);1H. The Balaban J connectivity index is 0.00000392. The summed E-state index contributed by atoms with van der Waals surface area (Å²) < 4.78 is 27.2. The van der Waals surface area contributed by atoms with Crippen LogP contribution >= 0.6 is 35.5 Å². The SMILES string of the molecule is CCc1nsc(N2CCN(C(=NC)NCC(C)(C)CCS(C)(=O)=O)CC2)n1.I. The molecule has 1 aliphatic rings. The van der Waals surface area contributed by atoms with Gasteiger partial charge in [0.15, 0.2) is 5.96 Å². The highest BCUT2D eigenvalue weighted by atomic mass is 127. The Kier molecular flexibility index (Phi) is 9.87. The maximum absolute atomic E-state index is 11.4. The minimum absolute atomic E-state index is 0. The maximum atomic E-state index is 11.4. The van der Waals surface area contributed by atoms with Gasteiger partial charge in [-0.25, -0.2) is 13.4 Å². The van der Waals surface area contributed by atoms with Gasteiger partial charge >= 0.3 is 0 Å². The quantitative estimate of drug-likeness (QED) is 0.319. The largest absolute Gasteiger partial charge is 0.356 e. The van der Waals surface area contributed by atoms with E-state index in [0.717, 1.165) is 49.5 Å². The summed E-state index contributed by atoms with van der Waals surface area (Å²) >= 11 is 1.47. The van der Waals surface area contributed by atoms with Crippen LogP contribution in [0.25, 0.3) is 0 Å². The molecule has 0 amide bonds. The van der Waals surface area contributed by atoms with Crippen molar-refractivity contribution in [2.24, 2.45) is 10.4 Å². The van der Waals surface area contributed by atoms with Crippen LogP contribution in [-0.4, -0.2) is 80.4 Å². The molecule has 0 spiro atoms. The third-order valence-corrected chi connectivity index (χ3v) is 6.47. The Morgan fingerprint density at radius 1 is 1.29 bits per heavy atom. The molecular formula is C17H33IN6O2S2. The lowest BCUT2D eigenvalue weighted by Crippen LogP contribution is -2.53. The summed E-state index contributed by atoms with van der Waals surface area (Å²) in [6.07, 6.45) is 2.78. The first-order valence-corrected chi connectivity index (χ1v) is 12.2. The first-order valence-electron chi connectivity index (χ1n) is 9.34. The second-order valence-electron chi connectivity index (χ2n) is 7.77. The van der Waals surface area contributed by atoms with Gasteiger partial charge in [0.05, 0.1) is 5.75 Å². The van der Waals surface area contributed by atoms with Gasteiger partial charge in [-0.2, -0.15) is 4.37 Å². The monoisotopic (exact) mass is 544 g/mol. The van der Waals surface area contributed by atoms with Crippen molar-refractivity contribution in [2.45, 2.75) is 33.6 Å². The molecule has 1 saturated heterocycles. The molecule has 1 aliphatic heterocycles. The molecule has 0 aromatic carbocycles. The molecule has 1 aromatic heterocycles. The van der Waals surface area contributed by atoms with Gasteiger partial charge in [0, 0.05) is 64.0 Å². The van der Waals surface area contributed by atoms with Gasteiger partial charge in [0.25, 0.3) is 0 Å². The summed E-state index contributed by atoms with van der Waals surface area (Å²) in [4.78, 5) is 13.5. The fourth-order valence-electron chi connectivity index (χ4n) is 2.83. The first kappa shape index (κ1) is 25.3. The molecule has 0 radical (unpaired) electrons. The third-order valence-electron chi connectivity index (χ3n) is 4.71. The molecule has 0 saturated carbocycles. The van der Waals surface area contributed by atoms with Crippen molar-refractivity contribution < 1.29 is 8.42 Å². The molecule has 1 aromatic rings. The number of hydrogen-bond donors (Lipinski definition) is 1. The van der Waals surface area contributed by atoms with Crippen LogP contribution in [0.1, 0.15) is 33.0 Å². The molecule has 28 heavy (non-hydrogen) atoms. The molecule has 1 fully saturated rings. The minimum atomic E-state index is -2.94. The van der Waals surface area contributed by atoms with Crippen LogP contribution in [0.5, 0.6) is 0 Å². The van der Waals surface area contributed by atoms with Gasteiger partial charge in [0.2, 0.25) is 5.13 Å². The lowest BCUT2D eigenvalue weighted by atomic mass is 9.90. The molecule has 8 nitrogen and oxygen atoms in total. The van der Waals surface area contributed by atoms with Crippen molar-refractivity contribution in [3.63, 3.8) is 0 Å². The molecule has 2 heterocycles. The summed E-state index contributed by atoms with van der Waals surface area (Å²) in [5.74, 6) is 1.99. The van der Waals surface area contributed by atoms with E-state index < -0.39 is 9.84 Å². The predicted molar refractivity (Wildman–Crippen MR) is 128 cm³/mol. The van der Waals surface area contributed by atoms with E-state index in [1.54, 1.807) is 7.05 Å². The van der Waals surface area contributed by atoms with Crippen molar-refractivity contribution in [3.05, 3.63) is 5.82 Å². The molecular weight excluding hydrogens is 511 g/mol. The van der Waals surface area contributed by atoms with Gasteiger partial charge in [-0.3, -0.25) is 4.99 Å². The number of guanidine groups is 1. The number of aliphatic imine (C=N–C) groups is 1. The summed E-state index contributed by atoms with van der Waals surface area (Å²) in [6, 6.07) is 0. The van der Waals surface area contributed by atoms with E-state index in [2.05, 4.69) is 50.2 Å². The number of nitrogens with one attached hydrogen (secondary N) is 1. The van der Waals surface area contributed by atoms with E-state index >= 15 is 0 Å². The zero-order valence-corrected chi connectivity index (χ0v) is 21.4. The maximum Gasteiger partial charge on any atom is 0.205 e. The number of rotatable bonds is 7. The lowest BCUT2D eigenvalue weighted by molar-refractivity contribution is 0.327. The van der Waals surface area contributed by atoms with Crippen LogP contribution < -0.4 is 10.2 Å². The van der Waals surface area contributed by atoms with Crippen LogP contribution in [0.2, 0.25) is 0 Å². The highest BCUT2D eigenvalue weighted by Crippen LogP contribution is 2.21. The van der Waals surface area contributed by atoms with Gasteiger partial charge in [-0.15, -0.1) is 24.0 Å². The fourth-order valence-corrected chi connectivity index (χ4v) is 4.55. The van der Waals surface area contributed by atoms with Gasteiger partial charge in [-0.1, -0.05) is 20.8 Å². The Bertz CT molecular complexity index is 743. The topological polar surface area (TPSA) is 90.8 Å². The Labute approximate surface area is 190 Å². The van der Waals surface area contributed by atoms with Gasteiger partial charge in [0.1, 0.15) is 15.7 Å². The van der Waals surface area contributed by atoms with Crippen molar-refractivity contribution >= 4 is 56.4 Å². The number of halogens is 1. The van der Waals surface area contributed by atoms with E-state index in [9.17, 15) is 8.42 Å². The number of sulfone groups is 1. The molecule has 0 atom stereocenters. The molecule has 162 valence electrons. The van der Waals surface area contributed by atoms with Gasteiger partial charge in [-0.05, 0) is 11.8 Å². The van der Waals surface area contributed by atoms with Crippen LogP contribution in [0.3, 0.4) is 0 Å². The number of anilines is 1. The van der Waals surface area contributed by atoms with Crippen molar-refractivity contribution in [2.75, 3.05) is 56.7 Å². The average molecular weight is 545 g/mol. The predicted octanol–water partition coefficient (Wildman–Crippen LogP) is 1.88. The Hall–Kier alpha value is -0.690. The lowest BCUT2D eigenvalue weighted by Gasteiger charge is -2.37. The molecule has 11 heteroatoms. The highest BCUT2D eigenvalue weighted by molar-refractivity contribution is 14.0. The number of nitrogens with zero attached hydrogens (tertiary/aromatic N) is 5. The molecule has 0 aliphatic carbocycles. The number of aromatic nitrogens is 2. The second kappa shape index (κ2) is 10.9. The van der Waals surface area contributed by atoms with Crippen LogP contribution in [0.15, 0.2) is 4.99 Å². The van der Waals surface area contributed by atoms with Gasteiger partial charge < -0.3 is 15.1 Å². The van der Waals surface area contributed by atoms with Crippen molar-refractivity contribution in [3.8, 4) is 0 Å². The van der Waals surface area contributed by atoms with Crippen molar-refractivity contribution in [1.82, 2.24) is 19.6 Å². The number of piperazine rings is 1. The van der Waals surface area contributed by atoms with Crippen molar-refractivity contribution in [1.29, 1.82) is 0 Å².